The van der Waals surface area contributed by atoms with E-state index in [1.807, 2.05) is 0 Å². The fourth-order valence-electron chi connectivity index (χ4n) is 0.812. The summed E-state index contributed by atoms with van der Waals surface area (Å²) in [4.78, 5) is 0. The number of rotatable bonds is 2. The SMILES string of the molecule is CC(Oc1nn(C)cc1N)C(F)(F)F. The molecule has 0 radical (unpaired) electrons. The van der Waals surface area contributed by atoms with Crippen molar-refractivity contribution in [1.29, 1.82) is 0 Å². The Hall–Kier alpha value is -1.40. The smallest absolute Gasteiger partial charge is 0.425 e. The van der Waals surface area contributed by atoms with Crippen molar-refractivity contribution in [3.63, 3.8) is 0 Å². The predicted octanol–water partition coefficient (Wildman–Crippen LogP) is 1.33. The van der Waals surface area contributed by atoms with Gasteiger partial charge < -0.3 is 10.5 Å². The Labute approximate surface area is 78.4 Å². The molecule has 2 N–H and O–H groups in total. The lowest BCUT2D eigenvalue weighted by atomic mass is 10.4. The lowest BCUT2D eigenvalue weighted by Crippen LogP contribution is -2.31. The van der Waals surface area contributed by atoms with Crippen molar-refractivity contribution < 1.29 is 17.9 Å². The molecule has 0 aliphatic carbocycles. The molecule has 0 saturated heterocycles. The summed E-state index contributed by atoms with van der Waals surface area (Å²) in [5, 5.41) is 3.63. The van der Waals surface area contributed by atoms with E-state index in [4.69, 9.17) is 5.73 Å². The van der Waals surface area contributed by atoms with Gasteiger partial charge in [0.05, 0.1) is 6.20 Å². The van der Waals surface area contributed by atoms with Crippen LogP contribution in [-0.4, -0.2) is 22.1 Å². The zero-order valence-corrected chi connectivity index (χ0v) is 7.67. The molecular formula is C7H10F3N3O. The second kappa shape index (κ2) is 3.39. The molecular weight excluding hydrogens is 199 g/mol. The molecule has 1 aromatic heterocycles. The predicted molar refractivity (Wildman–Crippen MR) is 43.8 cm³/mol. The number of nitrogens with zero attached hydrogens (tertiary/aromatic N) is 2. The van der Waals surface area contributed by atoms with E-state index in [1.54, 1.807) is 7.05 Å². The van der Waals surface area contributed by atoms with Crippen molar-refractivity contribution in [2.45, 2.75) is 19.2 Å². The van der Waals surface area contributed by atoms with E-state index in [0.717, 1.165) is 6.92 Å². The van der Waals surface area contributed by atoms with Gasteiger partial charge in [-0.2, -0.15) is 13.2 Å². The Morgan fingerprint density at radius 2 is 2.14 bits per heavy atom. The number of aromatic nitrogens is 2. The first-order chi connectivity index (χ1) is 6.30. The minimum absolute atomic E-state index is 0.0867. The third kappa shape index (κ3) is 2.30. The topological polar surface area (TPSA) is 53.1 Å². The van der Waals surface area contributed by atoms with Gasteiger partial charge in [-0.15, -0.1) is 5.10 Å². The van der Waals surface area contributed by atoms with Gasteiger partial charge in [-0.05, 0) is 6.92 Å². The Balaban J connectivity index is 2.74. The number of anilines is 1. The molecule has 1 atom stereocenters. The van der Waals surface area contributed by atoms with E-state index < -0.39 is 12.3 Å². The van der Waals surface area contributed by atoms with E-state index in [1.165, 1.54) is 10.9 Å². The van der Waals surface area contributed by atoms with Gasteiger partial charge in [0.1, 0.15) is 5.69 Å². The molecule has 1 heterocycles. The van der Waals surface area contributed by atoms with Gasteiger partial charge in [-0.3, -0.25) is 4.68 Å². The number of nitrogen functional groups attached to an aromatic ring is 1. The molecule has 80 valence electrons. The first-order valence-corrected chi connectivity index (χ1v) is 3.83. The molecule has 0 spiro atoms. The second-order valence-electron chi connectivity index (χ2n) is 2.86. The molecule has 1 aromatic rings. The standard InChI is InChI=1S/C7H10F3N3O/c1-4(7(8,9)10)14-6-5(11)3-13(2)12-6/h3-4H,11H2,1-2H3. The number of ether oxygens (including phenoxy) is 1. The number of nitrogens with two attached hydrogens (primary N) is 1. The van der Waals surface area contributed by atoms with Crippen LogP contribution in [0.4, 0.5) is 18.9 Å². The van der Waals surface area contributed by atoms with Crippen molar-refractivity contribution in [3.8, 4) is 5.88 Å². The Kier molecular flexibility index (Phi) is 2.59. The summed E-state index contributed by atoms with van der Waals surface area (Å²) in [7, 11) is 1.54. The zero-order valence-electron chi connectivity index (χ0n) is 7.67. The monoisotopic (exact) mass is 209 g/mol. The maximum Gasteiger partial charge on any atom is 0.425 e. The van der Waals surface area contributed by atoms with Crippen LogP contribution >= 0.6 is 0 Å². The molecule has 0 aliphatic rings. The van der Waals surface area contributed by atoms with Gasteiger partial charge in [0, 0.05) is 7.05 Å². The summed E-state index contributed by atoms with van der Waals surface area (Å²) in [5.74, 6) is -0.197. The minimum Gasteiger partial charge on any atom is -0.462 e. The normalized spacial score (nSPS) is 14.1. The quantitative estimate of drug-likeness (QED) is 0.799. The van der Waals surface area contributed by atoms with Crippen LogP contribution in [0.3, 0.4) is 0 Å². The molecule has 0 saturated carbocycles. The number of halogens is 3. The Morgan fingerprint density at radius 3 is 2.50 bits per heavy atom. The van der Waals surface area contributed by atoms with Crippen LogP contribution in [0.1, 0.15) is 6.92 Å². The summed E-state index contributed by atoms with van der Waals surface area (Å²) in [6.07, 6.45) is -4.96. The summed E-state index contributed by atoms with van der Waals surface area (Å²) in [6.45, 7) is 0.897. The van der Waals surface area contributed by atoms with Gasteiger partial charge in [0.25, 0.3) is 5.88 Å². The average Bonchev–Trinajstić information content (AvgIpc) is 2.28. The molecule has 1 unspecified atom stereocenters. The first-order valence-electron chi connectivity index (χ1n) is 3.83. The van der Waals surface area contributed by atoms with Crippen LogP contribution in [-0.2, 0) is 7.05 Å². The highest BCUT2D eigenvalue weighted by molar-refractivity contribution is 5.45. The van der Waals surface area contributed by atoms with Crippen molar-refractivity contribution >= 4 is 5.69 Å². The van der Waals surface area contributed by atoms with Crippen molar-refractivity contribution in [2.24, 2.45) is 7.05 Å². The van der Waals surface area contributed by atoms with Gasteiger partial charge in [0.2, 0.25) is 0 Å². The molecule has 14 heavy (non-hydrogen) atoms. The molecule has 0 aromatic carbocycles. The van der Waals surface area contributed by atoms with E-state index in [9.17, 15) is 13.2 Å². The summed E-state index contributed by atoms with van der Waals surface area (Å²) < 4.78 is 42.1. The number of hydrogen-bond acceptors (Lipinski definition) is 3. The third-order valence-corrected chi connectivity index (χ3v) is 1.57. The van der Waals surface area contributed by atoms with E-state index in [0.29, 0.717) is 0 Å². The maximum atomic E-state index is 12.1. The van der Waals surface area contributed by atoms with E-state index in [2.05, 4.69) is 9.84 Å². The fourth-order valence-corrected chi connectivity index (χ4v) is 0.812. The van der Waals surface area contributed by atoms with Crippen molar-refractivity contribution in [2.75, 3.05) is 5.73 Å². The highest BCUT2D eigenvalue weighted by Crippen LogP contribution is 2.26. The maximum absolute atomic E-state index is 12.1. The highest BCUT2D eigenvalue weighted by atomic mass is 19.4. The number of alkyl halides is 3. The molecule has 0 fully saturated rings. The molecule has 1 rings (SSSR count). The van der Waals surface area contributed by atoms with Crippen LogP contribution in [0.15, 0.2) is 6.20 Å². The summed E-state index contributed by atoms with van der Waals surface area (Å²) in [6, 6.07) is 0. The highest BCUT2D eigenvalue weighted by Gasteiger charge is 2.38. The lowest BCUT2D eigenvalue weighted by Gasteiger charge is -2.15. The number of aryl methyl sites for hydroxylation is 1. The molecule has 7 heteroatoms. The molecule has 0 amide bonds. The summed E-state index contributed by atoms with van der Waals surface area (Å²) in [5.41, 5.74) is 5.44. The number of hydrogen-bond donors (Lipinski definition) is 1. The third-order valence-electron chi connectivity index (χ3n) is 1.57. The van der Waals surface area contributed by atoms with Gasteiger partial charge >= 0.3 is 6.18 Å². The van der Waals surface area contributed by atoms with Crippen LogP contribution < -0.4 is 10.5 Å². The minimum atomic E-state index is -4.41. The average molecular weight is 209 g/mol. The second-order valence-corrected chi connectivity index (χ2v) is 2.86. The van der Waals surface area contributed by atoms with Gasteiger partial charge in [0.15, 0.2) is 6.10 Å². The van der Waals surface area contributed by atoms with Gasteiger partial charge in [-0.25, -0.2) is 0 Å². The fraction of sp³-hybridized carbons (Fsp3) is 0.571. The molecule has 0 aliphatic heterocycles. The van der Waals surface area contributed by atoms with Crippen LogP contribution in [0.5, 0.6) is 5.88 Å². The van der Waals surface area contributed by atoms with E-state index in [-0.39, 0.29) is 11.6 Å². The van der Waals surface area contributed by atoms with Gasteiger partial charge in [-0.1, -0.05) is 0 Å². The van der Waals surface area contributed by atoms with E-state index >= 15 is 0 Å². The molecule has 4 nitrogen and oxygen atoms in total. The largest absolute Gasteiger partial charge is 0.462 e. The lowest BCUT2D eigenvalue weighted by molar-refractivity contribution is -0.189. The van der Waals surface area contributed by atoms with Crippen molar-refractivity contribution in [1.82, 2.24) is 9.78 Å². The molecule has 0 bridgehead atoms. The first kappa shape index (κ1) is 10.7. The Morgan fingerprint density at radius 1 is 1.57 bits per heavy atom. The van der Waals surface area contributed by atoms with Crippen LogP contribution in [0.2, 0.25) is 0 Å². The Bertz CT molecular complexity index is 320. The zero-order chi connectivity index (χ0) is 10.9. The van der Waals surface area contributed by atoms with Crippen LogP contribution in [0, 0.1) is 0 Å². The summed E-state index contributed by atoms with van der Waals surface area (Å²) >= 11 is 0. The van der Waals surface area contributed by atoms with Crippen molar-refractivity contribution in [3.05, 3.63) is 6.20 Å². The van der Waals surface area contributed by atoms with Crippen LogP contribution in [0.25, 0.3) is 0 Å².